The van der Waals surface area contributed by atoms with Gasteiger partial charge in [-0.25, -0.2) is 4.98 Å². The van der Waals surface area contributed by atoms with Crippen LogP contribution in [0.15, 0.2) is 18.6 Å². The Morgan fingerprint density at radius 3 is 2.33 bits per heavy atom. The van der Waals surface area contributed by atoms with E-state index in [0.717, 1.165) is 5.82 Å². The Kier molecular flexibility index (Phi) is 5.97. The standard InChI is InChI=1S/C7H11N3.C2H6/c1-6(2)10-7-5-8-3-4-9-7;1-2/h3-6H,1-2H3,(H,9,10);1-2H3. The second-order valence-corrected chi connectivity index (χ2v) is 2.39. The molecule has 0 spiro atoms. The summed E-state index contributed by atoms with van der Waals surface area (Å²) < 4.78 is 0. The van der Waals surface area contributed by atoms with Gasteiger partial charge in [0.15, 0.2) is 0 Å². The number of rotatable bonds is 2. The number of anilines is 1. The van der Waals surface area contributed by atoms with Crippen LogP contribution in [0.5, 0.6) is 0 Å². The van der Waals surface area contributed by atoms with Crippen molar-refractivity contribution < 1.29 is 0 Å². The third kappa shape index (κ3) is 4.66. The summed E-state index contributed by atoms with van der Waals surface area (Å²) in [5, 5.41) is 3.13. The Balaban J connectivity index is 0.000000561. The van der Waals surface area contributed by atoms with E-state index >= 15 is 0 Å². The van der Waals surface area contributed by atoms with Gasteiger partial charge >= 0.3 is 0 Å². The molecule has 3 heteroatoms. The quantitative estimate of drug-likeness (QED) is 0.734. The highest BCUT2D eigenvalue weighted by Crippen LogP contribution is 1.98. The fourth-order valence-electron chi connectivity index (χ4n) is 0.669. The maximum Gasteiger partial charge on any atom is 0.144 e. The minimum atomic E-state index is 0.414. The lowest BCUT2D eigenvalue weighted by Crippen LogP contribution is -2.10. The van der Waals surface area contributed by atoms with E-state index in [2.05, 4.69) is 29.1 Å². The lowest BCUT2D eigenvalue weighted by Gasteiger charge is -2.06. The monoisotopic (exact) mass is 167 g/mol. The molecule has 0 aliphatic heterocycles. The summed E-state index contributed by atoms with van der Waals surface area (Å²) >= 11 is 0. The van der Waals surface area contributed by atoms with E-state index in [4.69, 9.17) is 0 Å². The zero-order chi connectivity index (χ0) is 9.40. The smallest absolute Gasteiger partial charge is 0.144 e. The van der Waals surface area contributed by atoms with Crippen molar-refractivity contribution in [1.82, 2.24) is 9.97 Å². The molecule has 0 saturated carbocycles. The fourth-order valence-corrected chi connectivity index (χ4v) is 0.669. The van der Waals surface area contributed by atoms with Gasteiger partial charge in [-0.15, -0.1) is 0 Å². The number of aromatic nitrogens is 2. The number of hydrogen-bond donors (Lipinski definition) is 1. The van der Waals surface area contributed by atoms with Crippen molar-refractivity contribution in [3.05, 3.63) is 18.6 Å². The van der Waals surface area contributed by atoms with Crippen LogP contribution in [-0.2, 0) is 0 Å². The predicted molar refractivity (Wildman–Crippen MR) is 52.1 cm³/mol. The SMILES string of the molecule is CC.CC(C)Nc1cnccn1. The van der Waals surface area contributed by atoms with E-state index in [9.17, 15) is 0 Å². The van der Waals surface area contributed by atoms with Gasteiger partial charge in [0.05, 0.1) is 6.20 Å². The highest BCUT2D eigenvalue weighted by atomic mass is 15.0. The molecule has 12 heavy (non-hydrogen) atoms. The molecule has 0 saturated heterocycles. The molecule has 0 fully saturated rings. The summed E-state index contributed by atoms with van der Waals surface area (Å²) in [5.41, 5.74) is 0. The van der Waals surface area contributed by atoms with Crippen molar-refractivity contribution in [3.8, 4) is 0 Å². The van der Waals surface area contributed by atoms with Crippen molar-refractivity contribution in [3.63, 3.8) is 0 Å². The maximum absolute atomic E-state index is 4.05. The lowest BCUT2D eigenvalue weighted by molar-refractivity contribution is 0.885. The van der Waals surface area contributed by atoms with Crippen molar-refractivity contribution in [2.24, 2.45) is 0 Å². The van der Waals surface area contributed by atoms with Crippen LogP contribution in [0, 0.1) is 0 Å². The molecule has 0 atom stereocenters. The molecule has 1 aromatic heterocycles. The number of nitrogens with zero attached hydrogens (tertiary/aromatic N) is 2. The fraction of sp³-hybridized carbons (Fsp3) is 0.556. The predicted octanol–water partition coefficient (Wildman–Crippen LogP) is 2.32. The van der Waals surface area contributed by atoms with Crippen LogP contribution >= 0.6 is 0 Å². The third-order valence-corrected chi connectivity index (χ3v) is 1.000. The molecule has 0 amide bonds. The topological polar surface area (TPSA) is 37.8 Å². The van der Waals surface area contributed by atoms with E-state index in [0.29, 0.717) is 6.04 Å². The Hall–Kier alpha value is -1.12. The maximum atomic E-state index is 4.05. The minimum Gasteiger partial charge on any atom is -0.367 e. The number of nitrogens with one attached hydrogen (secondary N) is 1. The normalized spacial score (nSPS) is 8.75. The van der Waals surface area contributed by atoms with Crippen molar-refractivity contribution in [2.75, 3.05) is 5.32 Å². The summed E-state index contributed by atoms with van der Waals surface area (Å²) in [6, 6.07) is 0.414. The van der Waals surface area contributed by atoms with E-state index in [-0.39, 0.29) is 0 Å². The van der Waals surface area contributed by atoms with Crippen molar-refractivity contribution in [2.45, 2.75) is 33.7 Å². The molecule has 68 valence electrons. The average Bonchev–Trinajstić information content (AvgIpc) is 2.08. The van der Waals surface area contributed by atoms with Crippen LogP contribution in [0.3, 0.4) is 0 Å². The van der Waals surface area contributed by atoms with Gasteiger partial charge in [0, 0.05) is 18.4 Å². The zero-order valence-corrected chi connectivity index (χ0v) is 8.20. The molecule has 0 unspecified atom stereocenters. The highest BCUT2D eigenvalue weighted by Gasteiger charge is 1.92. The second kappa shape index (κ2) is 6.58. The van der Waals surface area contributed by atoms with E-state index in [1.807, 2.05) is 13.8 Å². The summed E-state index contributed by atoms with van der Waals surface area (Å²) in [4.78, 5) is 7.96. The van der Waals surface area contributed by atoms with Crippen LogP contribution in [0.25, 0.3) is 0 Å². The molecule has 0 aliphatic rings. The molecule has 0 aromatic carbocycles. The van der Waals surface area contributed by atoms with Gasteiger partial charge in [-0.3, -0.25) is 4.98 Å². The second-order valence-electron chi connectivity index (χ2n) is 2.39. The molecule has 1 rings (SSSR count). The largest absolute Gasteiger partial charge is 0.367 e. The molecule has 1 N–H and O–H groups in total. The van der Waals surface area contributed by atoms with Gasteiger partial charge < -0.3 is 5.32 Å². The zero-order valence-electron chi connectivity index (χ0n) is 8.20. The average molecular weight is 167 g/mol. The molecule has 3 nitrogen and oxygen atoms in total. The summed E-state index contributed by atoms with van der Waals surface area (Å²) in [5.74, 6) is 0.831. The Morgan fingerprint density at radius 2 is 1.92 bits per heavy atom. The van der Waals surface area contributed by atoms with Crippen molar-refractivity contribution in [1.29, 1.82) is 0 Å². The number of hydrogen-bond acceptors (Lipinski definition) is 3. The minimum absolute atomic E-state index is 0.414. The van der Waals surface area contributed by atoms with Crippen LogP contribution in [-0.4, -0.2) is 16.0 Å². The Morgan fingerprint density at radius 1 is 1.25 bits per heavy atom. The van der Waals surface area contributed by atoms with Gasteiger partial charge in [-0.05, 0) is 13.8 Å². The van der Waals surface area contributed by atoms with E-state index in [1.54, 1.807) is 18.6 Å². The first-order chi connectivity index (χ1) is 5.79. The highest BCUT2D eigenvalue weighted by molar-refractivity contribution is 5.30. The molecular formula is C9H17N3. The molecule has 1 aromatic rings. The van der Waals surface area contributed by atoms with Gasteiger partial charge in [0.1, 0.15) is 5.82 Å². The van der Waals surface area contributed by atoms with Gasteiger partial charge in [0.25, 0.3) is 0 Å². The third-order valence-electron chi connectivity index (χ3n) is 1.000. The Labute approximate surface area is 74.3 Å². The van der Waals surface area contributed by atoms with Crippen molar-refractivity contribution >= 4 is 5.82 Å². The van der Waals surface area contributed by atoms with E-state index < -0.39 is 0 Å². The first-order valence-electron chi connectivity index (χ1n) is 4.31. The molecule has 0 radical (unpaired) electrons. The lowest BCUT2D eigenvalue weighted by atomic mass is 10.4. The van der Waals surface area contributed by atoms with Crippen LogP contribution in [0.4, 0.5) is 5.82 Å². The first kappa shape index (κ1) is 10.9. The van der Waals surface area contributed by atoms with Gasteiger partial charge in [-0.2, -0.15) is 0 Å². The van der Waals surface area contributed by atoms with Gasteiger partial charge in [0.2, 0.25) is 0 Å². The molecular weight excluding hydrogens is 150 g/mol. The molecule has 0 bridgehead atoms. The molecule has 0 aliphatic carbocycles. The van der Waals surface area contributed by atoms with E-state index in [1.165, 1.54) is 0 Å². The van der Waals surface area contributed by atoms with Gasteiger partial charge in [-0.1, -0.05) is 13.8 Å². The van der Waals surface area contributed by atoms with Crippen LogP contribution in [0.1, 0.15) is 27.7 Å². The molecule has 1 heterocycles. The first-order valence-corrected chi connectivity index (χ1v) is 4.31. The summed E-state index contributed by atoms with van der Waals surface area (Å²) in [6.45, 7) is 8.13. The summed E-state index contributed by atoms with van der Waals surface area (Å²) in [7, 11) is 0. The van der Waals surface area contributed by atoms with Crippen LogP contribution in [0.2, 0.25) is 0 Å². The Bertz CT molecular complexity index is 184. The van der Waals surface area contributed by atoms with Crippen LogP contribution < -0.4 is 5.32 Å². The summed E-state index contributed by atoms with van der Waals surface area (Å²) in [6.07, 6.45) is 5.04.